The fourth-order valence-corrected chi connectivity index (χ4v) is 3.89. The van der Waals surface area contributed by atoms with E-state index < -0.39 is 0 Å². The van der Waals surface area contributed by atoms with E-state index in [1.165, 1.54) is 0 Å². The van der Waals surface area contributed by atoms with E-state index in [1.54, 1.807) is 12.4 Å². The number of carbonyl (C=O) groups excluding carboxylic acids is 1. The molecular formula is C23H31N7O. The molecule has 1 saturated heterocycles. The van der Waals surface area contributed by atoms with Crippen molar-refractivity contribution in [3.05, 3.63) is 42.9 Å². The Morgan fingerprint density at radius 3 is 2.58 bits per heavy atom. The zero-order valence-electron chi connectivity index (χ0n) is 18.4. The molecule has 164 valence electrons. The van der Waals surface area contributed by atoms with Crippen molar-refractivity contribution in [1.82, 2.24) is 34.6 Å². The minimum Gasteiger partial charge on any atom is -0.338 e. The van der Waals surface area contributed by atoms with Crippen molar-refractivity contribution in [2.24, 2.45) is 5.92 Å². The Bertz CT molecular complexity index is 994. The molecule has 3 aromatic heterocycles. The Balaban J connectivity index is 1.37. The summed E-state index contributed by atoms with van der Waals surface area (Å²) in [6.45, 7) is 10.0. The zero-order valence-corrected chi connectivity index (χ0v) is 18.4. The van der Waals surface area contributed by atoms with Crippen LogP contribution in [-0.4, -0.2) is 74.6 Å². The maximum Gasteiger partial charge on any atom is 0.317 e. The van der Waals surface area contributed by atoms with Gasteiger partial charge in [0.05, 0.1) is 0 Å². The number of rotatable bonds is 7. The maximum absolute atomic E-state index is 12.3. The summed E-state index contributed by atoms with van der Waals surface area (Å²) < 4.78 is 2.19. The highest BCUT2D eigenvalue weighted by molar-refractivity contribution is 5.77. The predicted molar refractivity (Wildman–Crippen MR) is 122 cm³/mol. The number of urea groups is 1. The number of hydrogen-bond donors (Lipinski definition) is 1. The zero-order chi connectivity index (χ0) is 21.6. The van der Waals surface area contributed by atoms with Crippen LogP contribution in [0.15, 0.2) is 42.9 Å². The van der Waals surface area contributed by atoms with Crippen LogP contribution < -0.4 is 5.32 Å². The van der Waals surface area contributed by atoms with Crippen molar-refractivity contribution in [3.8, 4) is 11.4 Å². The van der Waals surface area contributed by atoms with Crippen molar-refractivity contribution < 1.29 is 4.79 Å². The van der Waals surface area contributed by atoms with Crippen LogP contribution in [0.5, 0.6) is 0 Å². The van der Waals surface area contributed by atoms with Crippen LogP contribution in [0.1, 0.15) is 20.3 Å². The first-order valence-electron chi connectivity index (χ1n) is 11.1. The first kappa shape index (κ1) is 21.2. The van der Waals surface area contributed by atoms with Gasteiger partial charge in [-0.05, 0) is 36.6 Å². The summed E-state index contributed by atoms with van der Waals surface area (Å²) in [5.74, 6) is 1.52. The molecule has 1 N–H and O–H groups in total. The largest absolute Gasteiger partial charge is 0.338 e. The molecule has 8 heteroatoms. The quantitative estimate of drug-likeness (QED) is 0.635. The summed E-state index contributed by atoms with van der Waals surface area (Å²) in [4.78, 5) is 30.2. The van der Waals surface area contributed by atoms with Crippen LogP contribution in [0, 0.1) is 5.92 Å². The number of amides is 2. The second-order valence-corrected chi connectivity index (χ2v) is 8.41. The molecule has 0 saturated carbocycles. The highest BCUT2D eigenvalue weighted by atomic mass is 16.2. The van der Waals surface area contributed by atoms with E-state index in [4.69, 9.17) is 4.98 Å². The third kappa shape index (κ3) is 5.19. The van der Waals surface area contributed by atoms with Crippen LogP contribution in [0.25, 0.3) is 22.6 Å². The van der Waals surface area contributed by atoms with Crippen LogP contribution in [0.3, 0.4) is 0 Å². The number of hydrogen-bond acceptors (Lipinski definition) is 5. The number of carbonyl (C=O) groups is 1. The van der Waals surface area contributed by atoms with E-state index in [0.29, 0.717) is 5.92 Å². The lowest BCUT2D eigenvalue weighted by Gasteiger charge is -2.34. The van der Waals surface area contributed by atoms with E-state index in [-0.39, 0.29) is 6.03 Å². The highest BCUT2D eigenvalue weighted by Crippen LogP contribution is 2.23. The Labute approximate surface area is 183 Å². The summed E-state index contributed by atoms with van der Waals surface area (Å²) in [6, 6.07) is 7.94. The van der Waals surface area contributed by atoms with Gasteiger partial charge in [-0.1, -0.05) is 13.8 Å². The van der Waals surface area contributed by atoms with E-state index >= 15 is 0 Å². The standard InChI is InChI=1S/C23H31N7O/c1-18(2)5-11-26-23(31)29-15-12-28(13-16-29)14-17-30-21(19-6-9-24-10-7-19)27-20-4-3-8-25-22(20)30/h3-4,6-10,18H,5,11-17H2,1-2H3,(H,26,31). The molecule has 2 amide bonds. The van der Waals surface area contributed by atoms with Crippen LogP contribution in [0.4, 0.5) is 4.79 Å². The molecule has 0 radical (unpaired) electrons. The molecule has 4 heterocycles. The molecule has 0 atom stereocenters. The van der Waals surface area contributed by atoms with Gasteiger partial charge in [-0.15, -0.1) is 0 Å². The van der Waals surface area contributed by atoms with Gasteiger partial charge in [0.2, 0.25) is 0 Å². The van der Waals surface area contributed by atoms with E-state index in [9.17, 15) is 4.79 Å². The van der Waals surface area contributed by atoms with Crippen molar-refractivity contribution in [2.75, 3.05) is 39.3 Å². The average molecular weight is 422 g/mol. The van der Waals surface area contributed by atoms with Gasteiger partial charge in [0, 0.05) is 70.0 Å². The predicted octanol–water partition coefficient (Wildman–Crippen LogP) is 2.87. The van der Waals surface area contributed by atoms with Gasteiger partial charge >= 0.3 is 6.03 Å². The van der Waals surface area contributed by atoms with Crippen molar-refractivity contribution in [1.29, 1.82) is 0 Å². The summed E-state index contributed by atoms with van der Waals surface area (Å²) in [5.41, 5.74) is 2.84. The van der Waals surface area contributed by atoms with E-state index in [1.807, 2.05) is 35.4 Å². The fourth-order valence-electron chi connectivity index (χ4n) is 3.89. The molecule has 1 aliphatic heterocycles. The Morgan fingerprint density at radius 1 is 1.06 bits per heavy atom. The first-order valence-corrected chi connectivity index (χ1v) is 11.1. The topological polar surface area (TPSA) is 79.2 Å². The summed E-state index contributed by atoms with van der Waals surface area (Å²) >= 11 is 0. The molecular weight excluding hydrogens is 390 g/mol. The lowest BCUT2D eigenvalue weighted by molar-refractivity contribution is 0.137. The van der Waals surface area contributed by atoms with Crippen molar-refractivity contribution in [2.45, 2.75) is 26.8 Å². The van der Waals surface area contributed by atoms with Crippen LogP contribution in [0.2, 0.25) is 0 Å². The normalized spacial score (nSPS) is 15.0. The molecule has 4 rings (SSSR count). The highest BCUT2D eigenvalue weighted by Gasteiger charge is 2.21. The summed E-state index contributed by atoms with van der Waals surface area (Å²) in [6.07, 6.45) is 6.40. The number of nitrogens with one attached hydrogen (secondary N) is 1. The lowest BCUT2D eigenvalue weighted by Crippen LogP contribution is -2.52. The molecule has 0 unspecified atom stereocenters. The minimum atomic E-state index is 0.0603. The third-order valence-electron chi connectivity index (χ3n) is 5.74. The number of aromatic nitrogens is 4. The summed E-state index contributed by atoms with van der Waals surface area (Å²) in [5, 5.41) is 3.04. The Morgan fingerprint density at radius 2 is 1.84 bits per heavy atom. The lowest BCUT2D eigenvalue weighted by atomic mass is 10.1. The molecule has 3 aromatic rings. The molecule has 0 aliphatic carbocycles. The number of fused-ring (bicyclic) bond motifs is 1. The van der Waals surface area contributed by atoms with Gasteiger partial charge in [0.25, 0.3) is 0 Å². The minimum absolute atomic E-state index is 0.0603. The second-order valence-electron chi connectivity index (χ2n) is 8.41. The van der Waals surface area contributed by atoms with Crippen LogP contribution >= 0.6 is 0 Å². The Kier molecular flexibility index (Phi) is 6.76. The molecule has 0 aromatic carbocycles. The van der Waals surface area contributed by atoms with Crippen molar-refractivity contribution in [3.63, 3.8) is 0 Å². The van der Waals surface area contributed by atoms with Gasteiger partial charge < -0.3 is 14.8 Å². The van der Waals surface area contributed by atoms with Gasteiger partial charge in [-0.3, -0.25) is 9.88 Å². The molecule has 1 aliphatic rings. The van der Waals surface area contributed by atoms with Gasteiger partial charge in [0.15, 0.2) is 5.65 Å². The average Bonchev–Trinajstić information content (AvgIpc) is 3.17. The second kappa shape index (κ2) is 9.87. The van der Waals surface area contributed by atoms with Gasteiger partial charge in [-0.25, -0.2) is 14.8 Å². The SMILES string of the molecule is CC(C)CCNC(=O)N1CCN(CCn2c(-c3ccncc3)nc3cccnc32)CC1. The van der Waals surface area contributed by atoms with E-state index in [2.05, 4.69) is 38.6 Å². The van der Waals surface area contributed by atoms with Gasteiger partial charge in [0.1, 0.15) is 11.3 Å². The molecule has 1 fully saturated rings. The monoisotopic (exact) mass is 421 g/mol. The maximum atomic E-state index is 12.3. The molecule has 0 bridgehead atoms. The number of nitrogens with zero attached hydrogens (tertiary/aromatic N) is 6. The van der Waals surface area contributed by atoms with Crippen molar-refractivity contribution >= 4 is 17.2 Å². The van der Waals surface area contributed by atoms with Crippen LogP contribution in [-0.2, 0) is 6.54 Å². The smallest absolute Gasteiger partial charge is 0.317 e. The first-order chi connectivity index (χ1) is 15.1. The fraction of sp³-hybridized carbons (Fsp3) is 0.478. The molecule has 8 nitrogen and oxygen atoms in total. The Hall–Kier alpha value is -3.00. The van der Waals surface area contributed by atoms with Gasteiger partial charge in [-0.2, -0.15) is 0 Å². The number of pyridine rings is 2. The molecule has 31 heavy (non-hydrogen) atoms. The molecule has 0 spiro atoms. The summed E-state index contributed by atoms with van der Waals surface area (Å²) in [7, 11) is 0. The third-order valence-corrected chi connectivity index (χ3v) is 5.74. The number of piperazine rings is 1. The number of imidazole rings is 1. The van der Waals surface area contributed by atoms with E-state index in [0.717, 1.165) is 74.8 Å².